The predicted molar refractivity (Wildman–Crippen MR) is 121 cm³/mol. The minimum atomic E-state index is -0.579. The Morgan fingerprint density at radius 3 is 2.45 bits per heavy atom. The molecular formula is C24H28N4O3. The first kappa shape index (κ1) is 20.8. The Labute approximate surface area is 182 Å². The van der Waals surface area contributed by atoms with Crippen molar-refractivity contribution >= 4 is 28.4 Å². The van der Waals surface area contributed by atoms with Gasteiger partial charge in [-0.2, -0.15) is 0 Å². The van der Waals surface area contributed by atoms with E-state index in [0.717, 1.165) is 41.0 Å². The van der Waals surface area contributed by atoms with Crippen LogP contribution in [0.2, 0.25) is 0 Å². The van der Waals surface area contributed by atoms with Crippen LogP contribution in [0.5, 0.6) is 5.75 Å². The monoisotopic (exact) mass is 420 g/mol. The molecule has 1 unspecified atom stereocenters. The van der Waals surface area contributed by atoms with Gasteiger partial charge in [0.15, 0.2) is 0 Å². The quantitative estimate of drug-likeness (QED) is 0.643. The van der Waals surface area contributed by atoms with Gasteiger partial charge in [-0.25, -0.2) is 0 Å². The van der Waals surface area contributed by atoms with E-state index in [4.69, 9.17) is 4.74 Å². The summed E-state index contributed by atoms with van der Waals surface area (Å²) in [6, 6.07) is 15.4. The molecule has 4 rings (SSSR count). The van der Waals surface area contributed by atoms with E-state index < -0.39 is 6.04 Å². The summed E-state index contributed by atoms with van der Waals surface area (Å²) in [5.74, 6) is 0.595. The number of rotatable bonds is 6. The molecule has 7 nitrogen and oxygen atoms in total. The number of para-hydroxylation sites is 1. The molecule has 2 amide bonds. The number of carbonyl (C=O) groups excluding carboxylic acids is 2. The molecule has 31 heavy (non-hydrogen) atoms. The van der Waals surface area contributed by atoms with Crippen molar-refractivity contribution < 1.29 is 14.3 Å². The van der Waals surface area contributed by atoms with E-state index in [2.05, 4.69) is 15.2 Å². The number of ether oxygens (including phenoxy) is 1. The van der Waals surface area contributed by atoms with Gasteiger partial charge in [0, 0.05) is 62.3 Å². The number of hydrogen-bond acceptors (Lipinski definition) is 4. The van der Waals surface area contributed by atoms with Crippen molar-refractivity contribution in [2.45, 2.75) is 19.4 Å². The molecule has 1 saturated heterocycles. The van der Waals surface area contributed by atoms with Crippen LogP contribution in [0.4, 0.5) is 5.69 Å². The average Bonchev–Trinajstić information content (AvgIpc) is 3.21. The Hall–Kier alpha value is -3.48. The zero-order chi connectivity index (χ0) is 21.8. The van der Waals surface area contributed by atoms with Crippen molar-refractivity contribution in [2.24, 2.45) is 0 Å². The molecule has 1 fully saturated rings. The summed E-state index contributed by atoms with van der Waals surface area (Å²) in [5.41, 5.74) is 3.17. The highest BCUT2D eigenvalue weighted by Crippen LogP contribution is 2.22. The van der Waals surface area contributed by atoms with E-state index in [1.54, 1.807) is 7.11 Å². The fraction of sp³-hybridized carbons (Fsp3) is 0.333. The Morgan fingerprint density at radius 2 is 1.77 bits per heavy atom. The zero-order valence-electron chi connectivity index (χ0n) is 17.9. The lowest BCUT2D eigenvalue weighted by Crippen LogP contribution is -2.55. The molecule has 0 spiro atoms. The van der Waals surface area contributed by atoms with Crippen molar-refractivity contribution in [2.75, 3.05) is 38.2 Å². The number of fused-ring (bicyclic) bond motifs is 1. The molecule has 1 atom stereocenters. The highest BCUT2D eigenvalue weighted by Gasteiger charge is 2.29. The Bertz CT molecular complexity index is 1050. The van der Waals surface area contributed by atoms with Gasteiger partial charge < -0.3 is 24.8 Å². The number of piperazine rings is 1. The van der Waals surface area contributed by atoms with Gasteiger partial charge in [-0.05, 0) is 35.9 Å². The van der Waals surface area contributed by atoms with Crippen molar-refractivity contribution in [3.05, 3.63) is 60.3 Å². The largest absolute Gasteiger partial charge is 0.497 e. The number of H-pyrrole nitrogens is 1. The summed E-state index contributed by atoms with van der Waals surface area (Å²) in [7, 11) is 1.65. The molecule has 0 radical (unpaired) electrons. The number of benzene rings is 2. The van der Waals surface area contributed by atoms with Crippen LogP contribution in [0.1, 0.15) is 12.5 Å². The second-order valence-corrected chi connectivity index (χ2v) is 7.83. The Morgan fingerprint density at radius 1 is 1.06 bits per heavy atom. The first-order valence-corrected chi connectivity index (χ1v) is 10.5. The maximum absolute atomic E-state index is 13.3. The third kappa shape index (κ3) is 4.66. The zero-order valence-corrected chi connectivity index (χ0v) is 17.9. The summed E-state index contributed by atoms with van der Waals surface area (Å²) < 4.78 is 5.22. The highest BCUT2D eigenvalue weighted by atomic mass is 16.5. The van der Waals surface area contributed by atoms with E-state index in [0.29, 0.717) is 19.5 Å². The Balaban J connectivity index is 1.43. The van der Waals surface area contributed by atoms with Crippen LogP contribution < -0.4 is 15.0 Å². The van der Waals surface area contributed by atoms with Gasteiger partial charge in [0.1, 0.15) is 11.8 Å². The second kappa shape index (κ2) is 9.12. The summed E-state index contributed by atoms with van der Waals surface area (Å²) in [6.45, 7) is 4.19. The molecule has 2 aromatic carbocycles. The predicted octanol–water partition coefficient (Wildman–Crippen LogP) is 2.57. The fourth-order valence-corrected chi connectivity index (χ4v) is 4.16. The number of nitrogens with zero attached hydrogens (tertiary/aromatic N) is 2. The van der Waals surface area contributed by atoms with Gasteiger partial charge in [-0.1, -0.05) is 18.2 Å². The molecule has 3 aromatic rings. The molecule has 2 N–H and O–H groups in total. The van der Waals surface area contributed by atoms with Crippen LogP contribution in [-0.4, -0.2) is 61.0 Å². The molecule has 2 heterocycles. The summed E-state index contributed by atoms with van der Waals surface area (Å²) in [6.07, 6.45) is 2.38. The maximum Gasteiger partial charge on any atom is 0.245 e. The number of nitrogens with one attached hydrogen (secondary N) is 2. The molecule has 0 bridgehead atoms. The standard InChI is InChI=1S/C24H28N4O3/c1-17(29)26-23(15-18-16-25-22-6-4-3-5-21(18)22)24(30)28-13-11-27(12-14-28)19-7-9-20(31-2)10-8-19/h3-10,16,23,25H,11-15H2,1-2H3,(H,26,29). The normalized spacial score (nSPS) is 15.0. The lowest BCUT2D eigenvalue weighted by molar-refractivity contribution is -0.136. The van der Waals surface area contributed by atoms with Crippen LogP contribution in [-0.2, 0) is 16.0 Å². The Kier molecular flexibility index (Phi) is 6.11. The van der Waals surface area contributed by atoms with Gasteiger partial charge in [0.2, 0.25) is 11.8 Å². The number of carbonyl (C=O) groups is 2. The van der Waals surface area contributed by atoms with Gasteiger partial charge in [-0.3, -0.25) is 9.59 Å². The smallest absolute Gasteiger partial charge is 0.245 e. The molecular weight excluding hydrogens is 392 g/mol. The number of hydrogen-bond donors (Lipinski definition) is 2. The maximum atomic E-state index is 13.3. The number of aromatic amines is 1. The summed E-state index contributed by atoms with van der Waals surface area (Å²) >= 11 is 0. The van der Waals surface area contributed by atoms with Gasteiger partial charge in [0.25, 0.3) is 0 Å². The first-order valence-electron chi connectivity index (χ1n) is 10.5. The van der Waals surface area contributed by atoms with Crippen LogP contribution in [0.15, 0.2) is 54.7 Å². The second-order valence-electron chi connectivity index (χ2n) is 7.83. The summed E-state index contributed by atoms with van der Waals surface area (Å²) in [4.78, 5) is 32.5. The van der Waals surface area contributed by atoms with Crippen LogP contribution in [0.3, 0.4) is 0 Å². The van der Waals surface area contributed by atoms with Gasteiger partial charge in [0.05, 0.1) is 7.11 Å². The number of methoxy groups -OCH3 is 1. The molecule has 1 aromatic heterocycles. The van der Waals surface area contributed by atoms with Crippen LogP contribution in [0.25, 0.3) is 10.9 Å². The van der Waals surface area contributed by atoms with Crippen molar-refractivity contribution in [1.29, 1.82) is 0 Å². The van der Waals surface area contributed by atoms with E-state index in [1.165, 1.54) is 6.92 Å². The van der Waals surface area contributed by atoms with Crippen molar-refractivity contribution in [3.8, 4) is 5.75 Å². The van der Waals surface area contributed by atoms with E-state index in [1.807, 2.05) is 59.6 Å². The molecule has 162 valence electrons. The molecule has 0 saturated carbocycles. The van der Waals surface area contributed by atoms with Crippen LogP contribution in [0, 0.1) is 0 Å². The van der Waals surface area contributed by atoms with Crippen molar-refractivity contribution in [1.82, 2.24) is 15.2 Å². The third-order valence-corrected chi connectivity index (χ3v) is 5.80. The van der Waals surface area contributed by atoms with E-state index in [9.17, 15) is 9.59 Å². The molecule has 1 aliphatic heterocycles. The van der Waals surface area contributed by atoms with E-state index >= 15 is 0 Å². The lowest BCUT2D eigenvalue weighted by Gasteiger charge is -2.37. The molecule has 1 aliphatic rings. The summed E-state index contributed by atoms with van der Waals surface area (Å²) in [5, 5.41) is 3.94. The number of anilines is 1. The SMILES string of the molecule is COc1ccc(N2CCN(C(=O)C(Cc3c[nH]c4ccccc34)NC(C)=O)CC2)cc1. The third-order valence-electron chi connectivity index (χ3n) is 5.80. The number of aromatic nitrogens is 1. The number of amides is 2. The van der Waals surface area contributed by atoms with Crippen molar-refractivity contribution in [3.63, 3.8) is 0 Å². The topological polar surface area (TPSA) is 77.7 Å². The lowest BCUT2D eigenvalue weighted by atomic mass is 10.0. The fourth-order valence-electron chi connectivity index (χ4n) is 4.16. The van der Waals surface area contributed by atoms with Gasteiger partial charge >= 0.3 is 0 Å². The highest BCUT2D eigenvalue weighted by molar-refractivity contribution is 5.89. The average molecular weight is 421 g/mol. The first-order chi connectivity index (χ1) is 15.0. The minimum absolute atomic E-state index is 0.0325. The van der Waals surface area contributed by atoms with Gasteiger partial charge in [-0.15, -0.1) is 0 Å². The molecule has 0 aliphatic carbocycles. The van der Waals surface area contributed by atoms with Crippen LogP contribution >= 0.6 is 0 Å². The minimum Gasteiger partial charge on any atom is -0.497 e. The molecule has 7 heteroatoms. The van der Waals surface area contributed by atoms with E-state index in [-0.39, 0.29) is 11.8 Å².